The van der Waals surface area contributed by atoms with Gasteiger partial charge in [-0.3, -0.25) is 9.59 Å². The molecular weight excluding hydrogens is 392 g/mol. The lowest BCUT2D eigenvalue weighted by atomic mass is 10.1. The van der Waals surface area contributed by atoms with Crippen LogP contribution in [0.4, 0.5) is 5.69 Å². The molecule has 0 aliphatic carbocycles. The summed E-state index contributed by atoms with van der Waals surface area (Å²) < 4.78 is 0.927. The second-order valence-corrected chi connectivity index (χ2v) is 7.12. The van der Waals surface area contributed by atoms with Gasteiger partial charge in [0.15, 0.2) is 0 Å². The zero-order valence-electron chi connectivity index (χ0n) is 15.1. The third kappa shape index (κ3) is 5.85. The first kappa shape index (κ1) is 19.9. The van der Waals surface area contributed by atoms with Gasteiger partial charge in [0.05, 0.1) is 6.42 Å². The Hall–Kier alpha value is -2.40. The van der Waals surface area contributed by atoms with Crippen LogP contribution in [0.2, 0.25) is 0 Å². The number of hydrogen-bond donors (Lipinski definition) is 1. The SMILES string of the molecule is C=C(C)CN(CC)C(=O)Cc1ccc(NC(=O)c2ccc(Br)cc2)cc1. The van der Waals surface area contributed by atoms with Crippen LogP contribution in [0.1, 0.15) is 29.8 Å². The average Bonchev–Trinajstić information content (AvgIpc) is 2.61. The van der Waals surface area contributed by atoms with Gasteiger partial charge < -0.3 is 10.2 Å². The van der Waals surface area contributed by atoms with Crippen molar-refractivity contribution in [3.63, 3.8) is 0 Å². The van der Waals surface area contributed by atoms with Gasteiger partial charge in [0.1, 0.15) is 0 Å². The van der Waals surface area contributed by atoms with E-state index in [4.69, 9.17) is 0 Å². The number of halogens is 1. The summed E-state index contributed by atoms with van der Waals surface area (Å²) in [5.41, 5.74) is 3.16. The third-order valence-electron chi connectivity index (χ3n) is 3.87. The first-order valence-electron chi connectivity index (χ1n) is 8.47. The van der Waals surface area contributed by atoms with E-state index in [0.29, 0.717) is 30.8 Å². The standard InChI is InChI=1S/C21H23BrN2O2/c1-4-24(14-15(2)3)20(25)13-16-5-11-19(12-6-16)23-21(26)17-7-9-18(22)10-8-17/h5-12H,2,4,13-14H2,1,3H3,(H,23,26). The minimum Gasteiger partial charge on any atom is -0.339 e. The maximum Gasteiger partial charge on any atom is 0.255 e. The predicted octanol–water partition coefficient (Wildman–Crippen LogP) is 4.67. The highest BCUT2D eigenvalue weighted by atomic mass is 79.9. The number of likely N-dealkylation sites (N-methyl/N-ethyl adjacent to an activating group) is 1. The van der Waals surface area contributed by atoms with Crippen molar-refractivity contribution in [1.82, 2.24) is 4.90 Å². The molecule has 136 valence electrons. The van der Waals surface area contributed by atoms with E-state index >= 15 is 0 Å². The normalized spacial score (nSPS) is 10.3. The first-order valence-corrected chi connectivity index (χ1v) is 9.26. The zero-order valence-corrected chi connectivity index (χ0v) is 16.7. The highest BCUT2D eigenvalue weighted by Gasteiger charge is 2.12. The lowest BCUT2D eigenvalue weighted by molar-refractivity contribution is -0.129. The average molecular weight is 415 g/mol. The summed E-state index contributed by atoms with van der Waals surface area (Å²) in [6, 6.07) is 14.5. The van der Waals surface area contributed by atoms with Crippen LogP contribution < -0.4 is 5.32 Å². The molecule has 0 aromatic heterocycles. The van der Waals surface area contributed by atoms with Crippen molar-refractivity contribution in [3.05, 3.63) is 76.3 Å². The summed E-state index contributed by atoms with van der Waals surface area (Å²) in [7, 11) is 0. The number of hydrogen-bond acceptors (Lipinski definition) is 2. The van der Waals surface area contributed by atoms with E-state index in [1.165, 1.54) is 0 Å². The number of amides is 2. The highest BCUT2D eigenvalue weighted by Crippen LogP contribution is 2.15. The number of carbonyl (C=O) groups is 2. The molecule has 5 heteroatoms. The van der Waals surface area contributed by atoms with E-state index in [9.17, 15) is 9.59 Å². The maximum atomic E-state index is 12.4. The van der Waals surface area contributed by atoms with Crippen LogP contribution in [-0.4, -0.2) is 29.8 Å². The van der Waals surface area contributed by atoms with E-state index in [1.54, 1.807) is 17.0 Å². The molecule has 0 radical (unpaired) electrons. The molecule has 0 bridgehead atoms. The Morgan fingerprint density at radius 3 is 2.23 bits per heavy atom. The molecule has 0 fully saturated rings. The molecule has 2 rings (SSSR count). The summed E-state index contributed by atoms with van der Waals surface area (Å²) in [5, 5.41) is 2.86. The second kappa shape index (κ2) is 9.34. The van der Waals surface area contributed by atoms with Gasteiger partial charge in [-0.1, -0.05) is 40.2 Å². The van der Waals surface area contributed by atoms with Gasteiger partial charge in [-0.05, 0) is 55.8 Å². The molecule has 4 nitrogen and oxygen atoms in total. The number of benzene rings is 2. The molecular formula is C21H23BrN2O2. The largest absolute Gasteiger partial charge is 0.339 e. The number of nitrogens with zero attached hydrogens (tertiary/aromatic N) is 1. The Labute approximate surface area is 163 Å². The molecule has 0 saturated carbocycles. The number of carbonyl (C=O) groups excluding carboxylic acids is 2. The van der Waals surface area contributed by atoms with Crippen molar-refractivity contribution < 1.29 is 9.59 Å². The minimum atomic E-state index is -0.167. The first-order chi connectivity index (χ1) is 12.4. The molecule has 0 heterocycles. The van der Waals surface area contributed by atoms with Crippen molar-refractivity contribution >= 4 is 33.4 Å². The Bertz CT molecular complexity index is 783. The lowest BCUT2D eigenvalue weighted by Crippen LogP contribution is -2.33. The molecule has 0 aliphatic heterocycles. The molecule has 0 aliphatic rings. The second-order valence-electron chi connectivity index (χ2n) is 6.20. The summed E-state index contributed by atoms with van der Waals surface area (Å²) in [6.07, 6.45) is 0.335. The molecule has 2 aromatic carbocycles. The Kier molecular flexibility index (Phi) is 7.16. The monoisotopic (exact) mass is 414 g/mol. The zero-order chi connectivity index (χ0) is 19.1. The predicted molar refractivity (Wildman–Crippen MR) is 109 cm³/mol. The summed E-state index contributed by atoms with van der Waals surface area (Å²) in [4.78, 5) is 26.4. The lowest BCUT2D eigenvalue weighted by Gasteiger charge is -2.21. The van der Waals surface area contributed by atoms with Crippen molar-refractivity contribution in [1.29, 1.82) is 0 Å². The fraction of sp³-hybridized carbons (Fsp3) is 0.238. The van der Waals surface area contributed by atoms with Gasteiger partial charge >= 0.3 is 0 Å². The fourth-order valence-electron chi connectivity index (χ4n) is 2.50. The molecule has 0 atom stereocenters. The smallest absolute Gasteiger partial charge is 0.255 e. The van der Waals surface area contributed by atoms with Gasteiger partial charge in [0, 0.05) is 28.8 Å². The molecule has 1 N–H and O–H groups in total. The van der Waals surface area contributed by atoms with Crippen molar-refractivity contribution in [2.24, 2.45) is 0 Å². The van der Waals surface area contributed by atoms with Crippen molar-refractivity contribution in [2.75, 3.05) is 18.4 Å². The Morgan fingerprint density at radius 2 is 1.69 bits per heavy atom. The van der Waals surface area contributed by atoms with E-state index in [0.717, 1.165) is 15.6 Å². The van der Waals surface area contributed by atoms with E-state index < -0.39 is 0 Å². The molecule has 0 saturated heterocycles. The van der Waals surface area contributed by atoms with Crippen LogP contribution in [-0.2, 0) is 11.2 Å². The van der Waals surface area contributed by atoms with Gasteiger partial charge in [0.25, 0.3) is 5.91 Å². The Balaban J connectivity index is 1.97. The van der Waals surface area contributed by atoms with Crippen LogP contribution in [0.3, 0.4) is 0 Å². The molecule has 2 aromatic rings. The molecule has 26 heavy (non-hydrogen) atoms. The van der Waals surface area contributed by atoms with E-state index in [2.05, 4.69) is 27.8 Å². The van der Waals surface area contributed by atoms with Crippen LogP contribution >= 0.6 is 15.9 Å². The maximum absolute atomic E-state index is 12.4. The summed E-state index contributed by atoms with van der Waals surface area (Å²) in [5.74, 6) is -0.0953. The fourth-order valence-corrected chi connectivity index (χ4v) is 2.76. The number of nitrogens with one attached hydrogen (secondary N) is 1. The third-order valence-corrected chi connectivity index (χ3v) is 4.40. The van der Waals surface area contributed by atoms with Crippen LogP contribution in [0.15, 0.2) is 65.2 Å². The number of rotatable bonds is 7. The number of anilines is 1. The topological polar surface area (TPSA) is 49.4 Å². The van der Waals surface area contributed by atoms with Crippen LogP contribution in [0.5, 0.6) is 0 Å². The Morgan fingerprint density at radius 1 is 1.08 bits per heavy atom. The van der Waals surface area contributed by atoms with Gasteiger partial charge in [-0.2, -0.15) is 0 Å². The molecule has 2 amide bonds. The molecule has 0 spiro atoms. The highest BCUT2D eigenvalue weighted by molar-refractivity contribution is 9.10. The molecule has 0 unspecified atom stereocenters. The quantitative estimate of drug-likeness (QED) is 0.669. The van der Waals surface area contributed by atoms with E-state index in [-0.39, 0.29) is 11.8 Å². The summed E-state index contributed by atoms with van der Waals surface area (Å²) in [6.45, 7) is 8.98. The minimum absolute atomic E-state index is 0.0714. The van der Waals surface area contributed by atoms with Gasteiger partial charge in [-0.15, -0.1) is 0 Å². The van der Waals surface area contributed by atoms with Crippen LogP contribution in [0.25, 0.3) is 0 Å². The van der Waals surface area contributed by atoms with Gasteiger partial charge in [-0.25, -0.2) is 0 Å². The summed E-state index contributed by atoms with van der Waals surface area (Å²) >= 11 is 3.35. The van der Waals surface area contributed by atoms with Gasteiger partial charge in [0.2, 0.25) is 5.91 Å². The van der Waals surface area contributed by atoms with E-state index in [1.807, 2.05) is 50.2 Å². The van der Waals surface area contributed by atoms with Crippen LogP contribution in [0, 0.1) is 0 Å². The van der Waals surface area contributed by atoms with Crippen molar-refractivity contribution in [3.8, 4) is 0 Å². The van der Waals surface area contributed by atoms with Crippen molar-refractivity contribution in [2.45, 2.75) is 20.3 Å².